The van der Waals surface area contributed by atoms with Crippen LogP contribution >= 0.6 is 0 Å². The molecule has 2 aliphatic rings. The highest BCUT2D eigenvalue weighted by molar-refractivity contribution is 7.89. The van der Waals surface area contributed by atoms with Gasteiger partial charge in [-0.05, 0) is 80.1 Å². The summed E-state index contributed by atoms with van der Waals surface area (Å²) in [5, 5.41) is 3.14. The van der Waals surface area contributed by atoms with Crippen LogP contribution in [-0.2, 0) is 27.9 Å². The summed E-state index contributed by atoms with van der Waals surface area (Å²) in [6.07, 6.45) is 4.22. The molecule has 0 radical (unpaired) electrons. The second-order valence-corrected chi connectivity index (χ2v) is 12.9. The number of hydrogen-bond donors (Lipinski definition) is 1. The van der Waals surface area contributed by atoms with Gasteiger partial charge in [0.1, 0.15) is 5.75 Å². The molecule has 1 amide bonds. The fourth-order valence-electron chi connectivity index (χ4n) is 6.30. The van der Waals surface area contributed by atoms with Crippen LogP contribution < -0.4 is 10.1 Å². The third kappa shape index (κ3) is 6.11. The van der Waals surface area contributed by atoms with Crippen molar-refractivity contribution in [3.8, 4) is 5.75 Å². The van der Waals surface area contributed by atoms with Crippen LogP contribution in [0.1, 0.15) is 47.7 Å². The number of likely N-dealkylation sites (tertiary alicyclic amines) is 1. The number of aryl methyl sites for hydroxylation is 2. The van der Waals surface area contributed by atoms with E-state index in [1.807, 2.05) is 24.4 Å². The van der Waals surface area contributed by atoms with Crippen molar-refractivity contribution in [2.75, 3.05) is 33.3 Å². The summed E-state index contributed by atoms with van der Waals surface area (Å²) < 4.78 is 37.1. The zero-order valence-electron chi connectivity index (χ0n) is 23.7. The maximum absolute atomic E-state index is 14.1. The maximum atomic E-state index is 14.1. The van der Waals surface area contributed by atoms with E-state index in [4.69, 9.17) is 4.74 Å². The van der Waals surface area contributed by atoms with Crippen LogP contribution in [0.3, 0.4) is 0 Å². The van der Waals surface area contributed by atoms with Crippen molar-refractivity contribution in [2.45, 2.75) is 57.1 Å². The molecule has 0 saturated carbocycles. The van der Waals surface area contributed by atoms with E-state index in [0.29, 0.717) is 47.3 Å². The van der Waals surface area contributed by atoms with Gasteiger partial charge >= 0.3 is 0 Å². The van der Waals surface area contributed by atoms with Gasteiger partial charge in [-0.1, -0.05) is 30.3 Å². The van der Waals surface area contributed by atoms with Gasteiger partial charge in [0.2, 0.25) is 15.9 Å². The predicted octanol–water partition coefficient (Wildman–Crippen LogP) is 4.28. The molecule has 0 spiro atoms. The van der Waals surface area contributed by atoms with E-state index >= 15 is 0 Å². The molecule has 214 valence electrons. The SMILES string of the molecule is COc1cc(C)c(S(=O)(=O)N2CCn3cccc3C2CC(=O)NCC2CCCN(Cc3ccccc3)C2)c(C)c1. The van der Waals surface area contributed by atoms with Gasteiger partial charge in [-0.2, -0.15) is 4.31 Å². The van der Waals surface area contributed by atoms with E-state index in [2.05, 4.69) is 39.0 Å². The van der Waals surface area contributed by atoms with Crippen LogP contribution in [0, 0.1) is 19.8 Å². The van der Waals surface area contributed by atoms with Gasteiger partial charge in [0.15, 0.2) is 0 Å². The number of piperidine rings is 1. The molecule has 1 N–H and O–H groups in total. The molecule has 0 aliphatic carbocycles. The number of sulfonamides is 1. The molecular weight excluding hydrogens is 524 g/mol. The van der Waals surface area contributed by atoms with Gasteiger partial charge < -0.3 is 14.6 Å². The molecule has 2 atom stereocenters. The molecule has 0 bridgehead atoms. The summed E-state index contributed by atoms with van der Waals surface area (Å²) in [6.45, 7) is 7.97. The Bertz CT molecular complexity index is 1410. The van der Waals surface area contributed by atoms with Crippen LogP contribution in [0.2, 0.25) is 0 Å². The number of benzene rings is 2. The average molecular weight is 565 g/mol. The number of carbonyl (C=O) groups is 1. The van der Waals surface area contributed by atoms with Gasteiger partial charge in [-0.25, -0.2) is 8.42 Å². The van der Waals surface area contributed by atoms with Crippen molar-refractivity contribution in [2.24, 2.45) is 5.92 Å². The Morgan fingerprint density at radius 2 is 1.77 bits per heavy atom. The van der Waals surface area contributed by atoms with Crippen molar-refractivity contribution in [1.29, 1.82) is 0 Å². The largest absolute Gasteiger partial charge is 0.497 e. The van der Waals surface area contributed by atoms with Gasteiger partial charge in [0.25, 0.3) is 0 Å². The van der Waals surface area contributed by atoms with E-state index in [1.54, 1.807) is 33.1 Å². The Kier molecular flexibility index (Phi) is 8.63. The van der Waals surface area contributed by atoms with E-state index in [0.717, 1.165) is 38.2 Å². The Morgan fingerprint density at radius 1 is 1.02 bits per heavy atom. The number of methoxy groups -OCH3 is 1. The number of aromatic nitrogens is 1. The smallest absolute Gasteiger partial charge is 0.244 e. The lowest BCUT2D eigenvalue weighted by molar-refractivity contribution is -0.122. The van der Waals surface area contributed by atoms with Crippen LogP contribution in [0.4, 0.5) is 0 Å². The number of rotatable bonds is 9. The number of nitrogens with one attached hydrogen (secondary N) is 1. The van der Waals surface area contributed by atoms with E-state index in [9.17, 15) is 13.2 Å². The highest BCUT2D eigenvalue weighted by Crippen LogP contribution is 2.37. The van der Waals surface area contributed by atoms with Crippen LogP contribution in [0.5, 0.6) is 5.75 Å². The number of fused-ring (bicyclic) bond motifs is 1. The van der Waals surface area contributed by atoms with Gasteiger partial charge in [-0.15, -0.1) is 0 Å². The Labute approximate surface area is 238 Å². The number of amides is 1. The maximum Gasteiger partial charge on any atom is 0.244 e. The second-order valence-electron chi connectivity index (χ2n) is 11.1. The molecule has 40 heavy (non-hydrogen) atoms. The second kappa shape index (κ2) is 12.2. The average Bonchev–Trinajstić information content (AvgIpc) is 3.42. The molecule has 3 heterocycles. The summed E-state index contributed by atoms with van der Waals surface area (Å²) >= 11 is 0. The van der Waals surface area contributed by atoms with Gasteiger partial charge in [-0.3, -0.25) is 9.69 Å². The zero-order valence-corrected chi connectivity index (χ0v) is 24.5. The third-order valence-corrected chi connectivity index (χ3v) is 10.4. The van der Waals surface area contributed by atoms with E-state index in [-0.39, 0.29) is 12.3 Å². The molecule has 1 fully saturated rings. The highest BCUT2D eigenvalue weighted by atomic mass is 32.2. The zero-order chi connectivity index (χ0) is 28.3. The molecular formula is C31H40N4O4S. The van der Waals surface area contributed by atoms with E-state index in [1.165, 1.54) is 9.87 Å². The minimum absolute atomic E-state index is 0.0813. The molecule has 2 aromatic carbocycles. The summed E-state index contributed by atoms with van der Waals surface area (Å²) in [7, 11) is -2.29. The first-order chi connectivity index (χ1) is 19.3. The molecule has 1 saturated heterocycles. The summed E-state index contributed by atoms with van der Waals surface area (Å²) in [4.78, 5) is 16.1. The Balaban J connectivity index is 1.28. The fourth-order valence-corrected chi connectivity index (χ4v) is 8.30. The number of ether oxygens (including phenoxy) is 1. The molecule has 2 unspecified atom stereocenters. The van der Waals surface area contributed by atoms with Gasteiger partial charge in [0, 0.05) is 51.0 Å². The first kappa shape index (κ1) is 28.4. The van der Waals surface area contributed by atoms with Crippen molar-refractivity contribution >= 4 is 15.9 Å². The highest BCUT2D eigenvalue weighted by Gasteiger charge is 2.39. The van der Waals surface area contributed by atoms with Crippen LogP contribution in [0.15, 0.2) is 65.7 Å². The topological polar surface area (TPSA) is 83.9 Å². The Morgan fingerprint density at radius 3 is 2.50 bits per heavy atom. The number of carbonyl (C=O) groups excluding carboxylic acids is 1. The van der Waals surface area contributed by atoms with E-state index < -0.39 is 16.1 Å². The molecule has 5 rings (SSSR count). The summed E-state index contributed by atoms with van der Waals surface area (Å²) in [5.41, 5.74) is 3.42. The third-order valence-electron chi connectivity index (χ3n) is 8.17. The first-order valence-corrected chi connectivity index (χ1v) is 15.6. The first-order valence-electron chi connectivity index (χ1n) is 14.1. The summed E-state index contributed by atoms with van der Waals surface area (Å²) in [6, 6.07) is 17.3. The standard InChI is InChI=1S/C31H40N4O4S/c1-23-17-27(39-3)18-24(2)31(23)40(37,38)35-16-15-34-14-8-12-28(34)29(35)19-30(36)32-20-26-11-7-13-33(22-26)21-25-9-5-4-6-10-25/h4-6,8-10,12,14,17-18,26,29H,7,11,13,15-16,19-22H2,1-3H3,(H,32,36). The minimum atomic E-state index is -3.86. The lowest BCUT2D eigenvalue weighted by Crippen LogP contribution is -2.45. The normalized spacial score (nSPS) is 20.2. The quantitative estimate of drug-likeness (QED) is 0.420. The number of hydrogen-bond acceptors (Lipinski definition) is 5. The Hall–Kier alpha value is -3.14. The molecule has 9 heteroatoms. The summed E-state index contributed by atoms with van der Waals surface area (Å²) in [5.74, 6) is 0.881. The van der Waals surface area contributed by atoms with Gasteiger partial charge in [0.05, 0.1) is 18.0 Å². The number of nitrogens with zero attached hydrogens (tertiary/aromatic N) is 3. The van der Waals surface area contributed by atoms with Crippen LogP contribution in [-0.4, -0.2) is 61.4 Å². The van der Waals surface area contributed by atoms with Crippen molar-refractivity contribution in [3.63, 3.8) is 0 Å². The van der Waals surface area contributed by atoms with Crippen LogP contribution in [0.25, 0.3) is 0 Å². The molecule has 3 aromatic rings. The molecule has 2 aliphatic heterocycles. The molecule has 8 nitrogen and oxygen atoms in total. The lowest BCUT2D eigenvalue weighted by Gasteiger charge is -2.36. The van der Waals surface area contributed by atoms with Crippen molar-refractivity contribution in [1.82, 2.24) is 19.1 Å². The van der Waals surface area contributed by atoms with Crippen molar-refractivity contribution in [3.05, 3.63) is 83.2 Å². The monoisotopic (exact) mass is 564 g/mol. The molecule has 1 aromatic heterocycles. The lowest BCUT2D eigenvalue weighted by atomic mass is 9.97. The predicted molar refractivity (Wildman–Crippen MR) is 156 cm³/mol. The van der Waals surface area contributed by atoms with Crippen molar-refractivity contribution < 1.29 is 17.9 Å². The minimum Gasteiger partial charge on any atom is -0.497 e. The fraction of sp³-hybridized carbons (Fsp3) is 0.452.